The first-order valence-electron chi connectivity index (χ1n) is 9.07. The van der Waals surface area contributed by atoms with E-state index in [2.05, 4.69) is 5.32 Å². The van der Waals surface area contributed by atoms with E-state index >= 15 is 0 Å². The fraction of sp³-hybridized carbons (Fsp3) is 0.136. The van der Waals surface area contributed by atoms with E-state index in [9.17, 15) is 9.59 Å². The van der Waals surface area contributed by atoms with Crippen LogP contribution in [0.25, 0.3) is 6.08 Å². The normalized spacial score (nSPS) is 15.3. The van der Waals surface area contributed by atoms with Gasteiger partial charge in [-0.25, -0.2) is 0 Å². The zero-order chi connectivity index (χ0) is 20.6. The summed E-state index contributed by atoms with van der Waals surface area (Å²) in [4.78, 5) is 26.9. The molecule has 1 fully saturated rings. The molecule has 0 aliphatic carbocycles. The third-order valence-corrected chi connectivity index (χ3v) is 5.37. The van der Waals surface area contributed by atoms with Crippen LogP contribution < -0.4 is 10.1 Å². The van der Waals surface area contributed by atoms with Crippen molar-refractivity contribution in [3.63, 3.8) is 0 Å². The van der Waals surface area contributed by atoms with Gasteiger partial charge in [0.2, 0.25) is 5.91 Å². The summed E-state index contributed by atoms with van der Waals surface area (Å²) in [7, 11) is 0. The molecular weight excluding hydrogens is 404 g/mol. The third-order valence-electron chi connectivity index (χ3n) is 3.97. The second-order valence-corrected chi connectivity index (χ2v) is 7.71. The van der Waals surface area contributed by atoms with E-state index < -0.39 is 0 Å². The fourth-order valence-corrected chi connectivity index (χ4v) is 3.85. The molecule has 29 heavy (non-hydrogen) atoms. The van der Waals surface area contributed by atoms with Crippen molar-refractivity contribution in [2.45, 2.75) is 6.92 Å². The number of carbonyl (C=O) groups is 2. The van der Waals surface area contributed by atoms with Gasteiger partial charge in [-0.2, -0.15) is 0 Å². The lowest BCUT2D eigenvalue weighted by Crippen LogP contribution is -2.36. The highest BCUT2D eigenvalue weighted by molar-refractivity contribution is 8.26. The monoisotopic (exact) mass is 424 g/mol. The van der Waals surface area contributed by atoms with E-state index in [1.54, 1.807) is 30.4 Å². The first-order valence-corrected chi connectivity index (χ1v) is 10.3. The Morgan fingerprint density at radius 1 is 1.17 bits per heavy atom. The van der Waals surface area contributed by atoms with E-state index in [1.165, 1.54) is 16.7 Å². The van der Waals surface area contributed by atoms with Crippen molar-refractivity contribution in [3.8, 4) is 5.75 Å². The van der Waals surface area contributed by atoms with Crippen LogP contribution >= 0.6 is 24.0 Å². The number of nitrogens with zero attached hydrogens (tertiary/aromatic N) is 1. The lowest BCUT2D eigenvalue weighted by Gasteiger charge is -2.15. The molecule has 0 aromatic heterocycles. The molecule has 1 heterocycles. The predicted molar refractivity (Wildman–Crippen MR) is 122 cm³/mol. The van der Waals surface area contributed by atoms with Crippen LogP contribution in [-0.2, 0) is 9.59 Å². The highest BCUT2D eigenvalue weighted by Crippen LogP contribution is 2.31. The summed E-state index contributed by atoms with van der Waals surface area (Å²) in [6.07, 6.45) is 5.43. The molecule has 3 rings (SSSR count). The van der Waals surface area contributed by atoms with E-state index in [-0.39, 0.29) is 18.4 Å². The molecular formula is C22H20N2O3S2. The van der Waals surface area contributed by atoms with Crippen molar-refractivity contribution in [2.24, 2.45) is 0 Å². The number of thiocarbonyl (C=S) groups is 1. The molecule has 2 aromatic carbocycles. The Hall–Kier alpha value is -2.90. The van der Waals surface area contributed by atoms with Crippen LogP contribution in [0.4, 0.5) is 5.69 Å². The molecule has 0 spiro atoms. The van der Waals surface area contributed by atoms with E-state index in [4.69, 9.17) is 17.0 Å². The quantitative estimate of drug-likeness (QED) is 0.525. The number of anilines is 1. The summed E-state index contributed by atoms with van der Waals surface area (Å²) < 4.78 is 5.87. The topological polar surface area (TPSA) is 58.6 Å². The molecule has 0 radical (unpaired) electrons. The second kappa shape index (κ2) is 10.0. The fourth-order valence-electron chi connectivity index (χ4n) is 2.65. The number of para-hydroxylation sites is 2. The number of benzene rings is 2. The molecule has 1 aliphatic rings. The van der Waals surface area contributed by atoms with E-state index in [1.807, 2.05) is 49.4 Å². The maximum atomic E-state index is 12.6. The van der Waals surface area contributed by atoms with Crippen molar-refractivity contribution in [1.82, 2.24) is 4.90 Å². The van der Waals surface area contributed by atoms with Crippen LogP contribution in [0.15, 0.2) is 71.7 Å². The van der Waals surface area contributed by atoms with Crippen molar-refractivity contribution in [1.29, 1.82) is 0 Å². The number of hydrogen-bond acceptors (Lipinski definition) is 5. The number of nitrogens with one attached hydrogen (secondary N) is 1. The summed E-state index contributed by atoms with van der Waals surface area (Å²) in [6, 6.07) is 16.9. The van der Waals surface area contributed by atoms with Gasteiger partial charge >= 0.3 is 0 Å². The Kier molecular flexibility index (Phi) is 7.21. The average Bonchev–Trinajstić information content (AvgIpc) is 2.98. The number of ether oxygens (including phenoxy) is 1. The zero-order valence-corrected chi connectivity index (χ0v) is 17.5. The number of carbonyl (C=O) groups excluding carboxylic acids is 2. The predicted octanol–water partition coefficient (Wildman–Crippen LogP) is 4.48. The van der Waals surface area contributed by atoms with Gasteiger partial charge in [-0.05, 0) is 30.7 Å². The Labute approximate surface area is 179 Å². The Morgan fingerprint density at radius 2 is 1.90 bits per heavy atom. The van der Waals surface area contributed by atoms with Crippen molar-refractivity contribution in [2.75, 3.05) is 18.5 Å². The summed E-state index contributed by atoms with van der Waals surface area (Å²) in [5, 5.41) is 2.78. The zero-order valence-electron chi connectivity index (χ0n) is 15.8. The number of rotatable bonds is 7. The van der Waals surface area contributed by atoms with Gasteiger partial charge in [-0.3, -0.25) is 14.5 Å². The minimum atomic E-state index is -0.338. The maximum Gasteiger partial charge on any atom is 0.266 e. The molecule has 0 atom stereocenters. The molecule has 2 aromatic rings. The Balaban J connectivity index is 1.63. The van der Waals surface area contributed by atoms with Gasteiger partial charge in [-0.15, -0.1) is 0 Å². The summed E-state index contributed by atoms with van der Waals surface area (Å²) in [5.74, 6) is -0.0276. The molecule has 0 bridgehead atoms. The van der Waals surface area contributed by atoms with Crippen LogP contribution in [0.2, 0.25) is 0 Å². The van der Waals surface area contributed by atoms with Crippen molar-refractivity contribution >= 4 is 51.9 Å². The molecule has 7 heteroatoms. The lowest BCUT2D eigenvalue weighted by atomic mass is 10.2. The SMILES string of the molecule is CCOc1ccccc1NC(=O)CN1C(=O)/C(=C/C=C/c2ccccc2)SC1=S. The van der Waals surface area contributed by atoms with E-state index in [0.717, 1.165) is 5.56 Å². The third kappa shape index (κ3) is 5.56. The molecule has 148 valence electrons. The second-order valence-electron chi connectivity index (χ2n) is 6.04. The minimum absolute atomic E-state index is 0.148. The Bertz CT molecular complexity index is 971. The standard InChI is InChI=1S/C22H20N2O3S2/c1-2-27-18-13-7-6-12-17(18)23-20(25)15-24-21(26)19(29-22(24)28)14-8-11-16-9-4-3-5-10-16/h3-14H,2,15H2,1H3,(H,23,25)/b11-8+,19-14-. The lowest BCUT2D eigenvalue weighted by molar-refractivity contribution is -0.126. The molecule has 0 unspecified atom stereocenters. The number of allylic oxidation sites excluding steroid dienone is 2. The molecule has 0 saturated carbocycles. The average molecular weight is 425 g/mol. The first kappa shape index (κ1) is 20.8. The van der Waals surface area contributed by atoms with Gasteiger partial charge in [0.05, 0.1) is 17.2 Å². The van der Waals surface area contributed by atoms with Crippen LogP contribution in [0, 0.1) is 0 Å². The van der Waals surface area contributed by atoms with Gasteiger partial charge in [0.25, 0.3) is 5.91 Å². The summed E-state index contributed by atoms with van der Waals surface area (Å²) >= 11 is 6.48. The van der Waals surface area contributed by atoms with Crippen LogP contribution in [0.5, 0.6) is 5.75 Å². The van der Waals surface area contributed by atoms with Crippen molar-refractivity contribution < 1.29 is 14.3 Å². The molecule has 1 saturated heterocycles. The highest BCUT2D eigenvalue weighted by Gasteiger charge is 2.33. The number of thioether (sulfide) groups is 1. The van der Waals surface area contributed by atoms with Gasteiger partial charge in [-0.1, -0.05) is 78.6 Å². The van der Waals surface area contributed by atoms with Crippen molar-refractivity contribution in [3.05, 3.63) is 77.2 Å². The van der Waals surface area contributed by atoms with Gasteiger partial charge in [0.1, 0.15) is 16.6 Å². The van der Waals surface area contributed by atoms with Crippen LogP contribution in [-0.4, -0.2) is 34.2 Å². The molecule has 5 nitrogen and oxygen atoms in total. The van der Waals surface area contributed by atoms with Gasteiger partial charge in [0, 0.05) is 0 Å². The molecule has 1 N–H and O–H groups in total. The number of amides is 2. The van der Waals surface area contributed by atoms with Crippen LogP contribution in [0.3, 0.4) is 0 Å². The molecule has 2 amide bonds. The molecule has 1 aliphatic heterocycles. The highest BCUT2D eigenvalue weighted by atomic mass is 32.2. The van der Waals surface area contributed by atoms with Crippen LogP contribution in [0.1, 0.15) is 12.5 Å². The summed E-state index contributed by atoms with van der Waals surface area (Å²) in [6.45, 7) is 2.21. The largest absolute Gasteiger partial charge is 0.492 e. The van der Waals surface area contributed by atoms with E-state index in [0.29, 0.717) is 27.3 Å². The van der Waals surface area contributed by atoms with Gasteiger partial charge in [0.15, 0.2) is 0 Å². The Morgan fingerprint density at radius 3 is 2.66 bits per heavy atom. The number of hydrogen-bond donors (Lipinski definition) is 1. The van der Waals surface area contributed by atoms with Gasteiger partial charge < -0.3 is 10.1 Å². The first-order chi connectivity index (χ1) is 14.1. The maximum absolute atomic E-state index is 12.6. The minimum Gasteiger partial charge on any atom is -0.492 e. The summed E-state index contributed by atoms with van der Waals surface area (Å²) in [5.41, 5.74) is 1.60. The smallest absolute Gasteiger partial charge is 0.266 e.